The number of nitrogens with one attached hydrogen (secondary N) is 1. The van der Waals surface area contributed by atoms with Crippen LogP contribution in [0.25, 0.3) is 10.9 Å². The molecule has 0 amide bonds. The molecule has 2 nitrogen and oxygen atoms in total. The first kappa shape index (κ1) is 11.3. The van der Waals surface area contributed by atoms with Crippen molar-refractivity contribution in [2.45, 2.75) is 27.2 Å². The lowest BCUT2D eigenvalue weighted by Gasteiger charge is -2.18. The van der Waals surface area contributed by atoms with Gasteiger partial charge in [0.05, 0.1) is 11.8 Å². The predicted molar refractivity (Wildman–Crippen MR) is 70.1 cm³/mol. The molecule has 0 aliphatic heterocycles. The monoisotopic (exact) mass is 232 g/mol. The summed E-state index contributed by atoms with van der Waals surface area (Å²) < 4.78 is 0.765. The number of nitrogens with zero attached hydrogens (tertiary/aromatic N) is 1. The summed E-state index contributed by atoms with van der Waals surface area (Å²) in [4.78, 5) is 7.23. The first-order chi connectivity index (χ1) is 7.46. The summed E-state index contributed by atoms with van der Waals surface area (Å²) in [7, 11) is 0. The zero-order valence-electron chi connectivity index (χ0n) is 9.87. The van der Waals surface area contributed by atoms with Gasteiger partial charge in [0.2, 0.25) is 0 Å². The van der Waals surface area contributed by atoms with Crippen LogP contribution in [0.4, 0.5) is 0 Å². The van der Waals surface area contributed by atoms with Crippen molar-refractivity contribution in [3.63, 3.8) is 0 Å². The topological polar surface area (TPSA) is 28.7 Å². The Kier molecular flexibility index (Phi) is 2.80. The van der Waals surface area contributed by atoms with Crippen LogP contribution >= 0.6 is 12.2 Å². The van der Waals surface area contributed by atoms with Crippen LogP contribution < -0.4 is 0 Å². The van der Waals surface area contributed by atoms with E-state index in [0.717, 1.165) is 22.0 Å². The number of hydrogen-bond donors (Lipinski definition) is 1. The zero-order valence-corrected chi connectivity index (χ0v) is 10.7. The molecular weight excluding hydrogens is 216 g/mol. The second-order valence-corrected chi connectivity index (χ2v) is 5.73. The predicted octanol–water partition coefficient (Wildman–Crippen LogP) is 3.88. The van der Waals surface area contributed by atoms with Crippen LogP contribution in [0.5, 0.6) is 0 Å². The molecule has 2 aromatic rings. The van der Waals surface area contributed by atoms with Gasteiger partial charge in [0.1, 0.15) is 4.64 Å². The first-order valence-electron chi connectivity index (χ1n) is 5.42. The third kappa shape index (κ3) is 2.47. The summed E-state index contributed by atoms with van der Waals surface area (Å²) in [5.41, 5.74) is 2.57. The number of fused-ring (bicyclic) bond motifs is 1. The summed E-state index contributed by atoms with van der Waals surface area (Å²) in [6, 6.07) is 6.32. The van der Waals surface area contributed by atoms with Crippen molar-refractivity contribution >= 4 is 23.1 Å². The van der Waals surface area contributed by atoms with Gasteiger partial charge < -0.3 is 4.98 Å². The maximum atomic E-state index is 5.26. The summed E-state index contributed by atoms with van der Waals surface area (Å²) in [5.74, 6) is 0. The van der Waals surface area contributed by atoms with Gasteiger partial charge in [-0.05, 0) is 29.5 Å². The molecule has 1 N–H and O–H groups in total. The summed E-state index contributed by atoms with van der Waals surface area (Å²) >= 11 is 5.26. The van der Waals surface area contributed by atoms with Gasteiger partial charge in [-0.25, -0.2) is 4.98 Å². The highest BCUT2D eigenvalue weighted by Gasteiger charge is 2.11. The van der Waals surface area contributed by atoms with E-state index < -0.39 is 0 Å². The average molecular weight is 232 g/mol. The summed E-state index contributed by atoms with van der Waals surface area (Å²) in [6.07, 6.45) is 2.70. The molecule has 16 heavy (non-hydrogen) atoms. The lowest BCUT2D eigenvalue weighted by Crippen LogP contribution is -2.08. The fourth-order valence-corrected chi connectivity index (χ4v) is 2.05. The van der Waals surface area contributed by atoms with Gasteiger partial charge in [-0.1, -0.05) is 39.1 Å². The Balaban J connectivity index is 2.52. The van der Waals surface area contributed by atoms with Crippen molar-refractivity contribution in [3.8, 4) is 0 Å². The number of H-pyrrole nitrogens is 1. The molecule has 0 spiro atoms. The first-order valence-corrected chi connectivity index (χ1v) is 5.83. The molecular formula is C13H16N2S. The molecule has 0 saturated carbocycles. The largest absolute Gasteiger partial charge is 0.337 e. The zero-order chi connectivity index (χ0) is 11.8. The third-order valence-electron chi connectivity index (χ3n) is 2.44. The molecule has 84 valence electrons. The molecule has 0 unspecified atom stereocenters. The van der Waals surface area contributed by atoms with Crippen LogP contribution in [0.2, 0.25) is 0 Å². The average Bonchev–Trinajstić information content (AvgIpc) is 2.17. The summed E-state index contributed by atoms with van der Waals surface area (Å²) in [5, 5.41) is 1.04. The third-order valence-corrected chi connectivity index (χ3v) is 2.78. The number of benzene rings is 1. The molecule has 0 aliphatic rings. The smallest absolute Gasteiger partial charge is 0.113 e. The lowest BCUT2D eigenvalue weighted by atomic mass is 9.88. The Morgan fingerprint density at radius 1 is 1.31 bits per heavy atom. The molecule has 1 heterocycles. The molecule has 2 rings (SSSR count). The van der Waals surface area contributed by atoms with E-state index in [0.29, 0.717) is 5.41 Å². The molecule has 1 aromatic heterocycles. The second-order valence-electron chi connectivity index (χ2n) is 5.32. The lowest BCUT2D eigenvalue weighted by molar-refractivity contribution is 0.411. The van der Waals surface area contributed by atoms with Crippen LogP contribution in [-0.4, -0.2) is 9.97 Å². The SMILES string of the molecule is CC(C)(C)Cc1ccc2nc[nH]c(=S)c2c1. The van der Waals surface area contributed by atoms with Crippen molar-refractivity contribution in [1.82, 2.24) is 9.97 Å². The van der Waals surface area contributed by atoms with Crippen molar-refractivity contribution in [2.24, 2.45) is 5.41 Å². The second kappa shape index (κ2) is 3.98. The van der Waals surface area contributed by atoms with Crippen molar-refractivity contribution < 1.29 is 0 Å². The standard InChI is InChI=1S/C13H16N2S/c1-13(2,3)7-9-4-5-11-10(6-9)12(16)15-8-14-11/h4-6,8H,7H2,1-3H3,(H,14,15,16). The van der Waals surface area contributed by atoms with Gasteiger partial charge in [0.15, 0.2) is 0 Å². The van der Waals surface area contributed by atoms with Gasteiger partial charge in [0, 0.05) is 5.39 Å². The highest BCUT2D eigenvalue weighted by molar-refractivity contribution is 7.71. The molecule has 0 atom stereocenters. The Hall–Kier alpha value is -1.22. The highest BCUT2D eigenvalue weighted by Crippen LogP contribution is 2.23. The van der Waals surface area contributed by atoms with Crippen molar-refractivity contribution in [1.29, 1.82) is 0 Å². The molecule has 0 saturated heterocycles. The Labute approximate surface area is 101 Å². The van der Waals surface area contributed by atoms with Crippen LogP contribution in [0.15, 0.2) is 24.5 Å². The van der Waals surface area contributed by atoms with Crippen LogP contribution in [0.1, 0.15) is 26.3 Å². The van der Waals surface area contributed by atoms with Crippen LogP contribution in [-0.2, 0) is 6.42 Å². The molecule has 0 aliphatic carbocycles. The van der Waals surface area contributed by atoms with Gasteiger partial charge in [-0.2, -0.15) is 0 Å². The van der Waals surface area contributed by atoms with E-state index in [1.165, 1.54) is 5.56 Å². The van der Waals surface area contributed by atoms with E-state index in [4.69, 9.17) is 12.2 Å². The number of rotatable bonds is 1. The minimum Gasteiger partial charge on any atom is -0.337 e. The van der Waals surface area contributed by atoms with E-state index >= 15 is 0 Å². The number of hydrogen-bond acceptors (Lipinski definition) is 2. The van der Waals surface area contributed by atoms with Crippen LogP contribution in [0, 0.1) is 10.1 Å². The van der Waals surface area contributed by atoms with E-state index in [2.05, 4.69) is 42.9 Å². The van der Waals surface area contributed by atoms with Crippen molar-refractivity contribution in [2.75, 3.05) is 0 Å². The molecule has 3 heteroatoms. The van der Waals surface area contributed by atoms with E-state index in [9.17, 15) is 0 Å². The summed E-state index contributed by atoms with van der Waals surface area (Å²) in [6.45, 7) is 6.71. The van der Waals surface area contributed by atoms with E-state index in [1.807, 2.05) is 6.07 Å². The Morgan fingerprint density at radius 2 is 2.06 bits per heavy atom. The Bertz CT molecular complexity index is 564. The quantitative estimate of drug-likeness (QED) is 0.756. The molecule has 0 fully saturated rings. The fraction of sp³-hybridized carbons (Fsp3) is 0.385. The Morgan fingerprint density at radius 3 is 2.75 bits per heavy atom. The van der Waals surface area contributed by atoms with E-state index in [1.54, 1.807) is 6.33 Å². The van der Waals surface area contributed by atoms with Gasteiger partial charge in [-0.15, -0.1) is 0 Å². The number of aromatic amines is 1. The van der Waals surface area contributed by atoms with Crippen LogP contribution in [0.3, 0.4) is 0 Å². The van der Waals surface area contributed by atoms with Gasteiger partial charge >= 0.3 is 0 Å². The molecule has 0 bridgehead atoms. The minimum absolute atomic E-state index is 0.293. The number of aromatic nitrogens is 2. The molecule has 0 radical (unpaired) electrons. The maximum Gasteiger partial charge on any atom is 0.113 e. The maximum absolute atomic E-state index is 5.26. The fourth-order valence-electron chi connectivity index (χ4n) is 1.84. The van der Waals surface area contributed by atoms with Crippen molar-refractivity contribution in [3.05, 3.63) is 34.7 Å². The van der Waals surface area contributed by atoms with Gasteiger partial charge in [0.25, 0.3) is 0 Å². The van der Waals surface area contributed by atoms with Gasteiger partial charge in [-0.3, -0.25) is 0 Å². The molecule has 1 aromatic carbocycles. The van der Waals surface area contributed by atoms with E-state index in [-0.39, 0.29) is 0 Å². The normalized spacial score (nSPS) is 11.9. The highest BCUT2D eigenvalue weighted by atomic mass is 32.1. The minimum atomic E-state index is 0.293.